The Morgan fingerprint density at radius 1 is 1.07 bits per heavy atom. The van der Waals surface area contributed by atoms with Crippen LogP contribution in [0.4, 0.5) is 0 Å². The zero-order valence-electron chi connectivity index (χ0n) is 8.95. The van der Waals surface area contributed by atoms with Crippen LogP contribution in [0.25, 0.3) is 0 Å². The predicted octanol–water partition coefficient (Wildman–Crippen LogP) is 3.92. The van der Waals surface area contributed by atoms with Crippen molar-refractivity contribution in [2.24, 2.45) is 11.7 Å². The number of hydrogen-bond donors (Lipinski definition) is 1. The van der Waals surface area contributed by atoms with Gasteiger partial charge in [-0.05, 0) is 36.5 Å². The third kappa shape index (κ3) is 2.73. The quantitative estimate of drug-likeness (QED) is 0.808. The van der Waals surface area contributed by atoms with Gasteiger partial charge in [-0.1, -0.05) is 43.0 Å². The van der Waals surface area contributed by atoms with Crippen molar-refractivity contribution in [1.29, 1.82) is 0 Å². The summed E-state index contributed by atoms with van der Waals surface area (Å²) < 4.78 is 0. The van der Waals surface area contributed by atoms with Gasteiger partial charge in [0.05, 0.1) is 0 Å². The van der Waals surface area contributed by atoms with Gasteiger partial charge < -0.3 is 5.73 Å². The molecule has 2 rings (SSSR count). The highest BCUT2D eigenvalue weighted by Gasteiger charge is 2.21. The average Bonchev–Trinajstić information content (AvgIpc) is 2.30. The van der Waals surface area contributed by atoms with E-state index in [4.69, 9.17) is 17.3 Å². The Bertz CT molecular complexity index is 301. The van der Waals surface area contributed by atoms with Crippen molar-refractivity contribution in [3.8, 4) is 0 Å². The first-order chi connectivity index (χ1) is 7.27. The van der Waals surface area contributed by atoms with Crippen LogP contribution in [-0.4, -0.2) is 0 Å². The van der Waals surface area contributed by atoms with Crippen LogP contribution in [-0.2, 0) is 0 Å². The largest absolute Gasteiger partial charge is 0.324 e. The summed E-state index contributed by atoms with van der Waals surface area (Å²) in [5.41, 5.74) is 7.50. The second-order valence-corrected chi connectivity index (χ2v) is 4.91. The Hall–Kier alpha value is -0.530. The molecule has 0 aliphatic heterocycles. The summed E-state index contributed by atoms with van der Waals surface area (Å²) >= 11 is 5.86. The first-order valence-corrected chi connectivity index (χ1v) is 6.16. The van der Waals surface area contributed by atoms with Crippen molar-refractivity contribution in [3.63, 3.8) is 0 Å². The zero-order valence-corrected chi connectivity index (χ0v) is 9.71. The highest BCUT2D eigenvalue weighted by molar-refractivity contribution is 6.30. The minimum Gasteiger partial charge on any atom is -0.324 e. The lowest BCUT2D eigenvalue weighted by Crippen LogP contribution is -2.23. The van der Waals surface area contributed by atoms with Gasteiger partial charge in [-0.15, -0.1) is 0 Å². The maximum absolute atomic E-state index is 6.28. The van der Waals surface area contributed by atoms with E-state index in [9.17, 15) is 0 Å². The molecule has 0 bridgehead atoms. The molecular weight excluding hydrogens is 206 g/mol. The molecule has 0 saturated heterocycles. The van der Waals surface area contributed by atoms with Gasteiger partial charge in [0.15, 0.2) is 0 Å². The van der Waals surface area contributed by atoms with E-state index in [1.807, 2.05) is 12.1 Å². The molecule has 1 nitrogen and oxygen atoms in total. The van der Waals surface area contributed by atoms with Gasteiger partial charge in [0, 0.05) is 11.1 Å². The fraction of sp³-hybridized carbons (Fsp3) is 0.538. The van der Waals surface area contributed by atoms with Crippen molar-refractivity contribution in [2.45, 2.75) is 38.1 Å². The van der Waals surface area contributed by atoms with Crippen LogP contribution < -0.4 is 5.73 Å². The summed E-state index contributed by atoms with van der Waals surface area (Å²) in [6.45, 7) is 0. The summed E-state index contributed by atoms with van der Waals surface area (Å²) in [7, 11) is 0. The van der Waals surface area contributed by atoms with E-state index in [-0.39, 0.29) is 6.04 Å². The molecule has 0 radical (unpaired) electrons. The summed E-state index contributed by atoms with van der Waals surface area (Å²) in [5.74, 6) is 0.667. The molecule has 1 atom stereocenters. The van der Waals surface area contributed by atoms with Crippen molar-refractivity contribution in [1.82, 2.24) is 0 Å². The second-order valence-electron chi connectivity index (χ2n) is 4.48. The van der Waals surface area contributed by atoms with Gasteiger partial charge in [0.25, 0.3) is 0 Å². The highest BCUT2D eigenvalue weighted by atomic mass is 35.5. The van der Waals surface area contributed by atoms with Gasteiger partial charge in [-0.2, -0.15) is 0 Å². The lowest BCUT2D eigenvalue weighted by atomic mass is 9.82. The van der Waals surface area contributed by atoms with Crippen molar-refractivity contribution in [2.75, 3.05) is 0 Å². The van der Waals surface area contributed by atoms with E-state index in [2.05, 4.69) is 12.1 Å². The van der Waals surface area contributed by atoms with Crippen LogP contribution >= 0.6 is 11.6 Å². The maximum atomic E-state index is 6.28. The van der Waals surface area contributed by atoms with Gasteiger partial charge in [0.2, 0.25) is 0 Å². The maximum Gasteiger partial charge on any atom is 0.0406 e. The first kappa shape index (κ1) is 11.0. The van der Waals surface area contributed by atoms with Crippen molar-refractivity contribution in [3.05, 3.63) is 34.9 Å². The number of rotatable bonds is 2. The summed E-state index contributed by atoms with van der Waals surface area (Å²) in [4.78, 5) is 0. The Morgan fingerprint density at radius 2 is 1.67 bits per heavy atom. The van der Waals surface area contributed by atoms with E-state index >= 15 is 0 Å². The molecule has 15 heavy (non-hydrogen) atoms. The molecule has 0 amide bonds. The molecule has 1 fully saturated rings. The number of benzene rings is 1. The van der Waals surface area contributed by atoms with E-state index < -0.39 is 0 Å². The van der Waals surface area contributed by atoms with Crippen molar-refractivity contribution < 1.29 is 0 Å². The smallest absolute Gasteiger partial charge is 0.0406 e. The predicted molar refractivity (Wildman–Crippen MR) is 65.0 cm³/mol. The lowest BCUT2D eigenvalue weighted by Gasteiger charge is -2.27. The Kier molecular flexibility index (Phi) is 3.66. The lowest BCUT2D eigenvalue weighted by molar-refractivity contribution is 0.308. The van der Waals surface area contributed by atoms with Crippen LogP contribution in [0.3, 0.4) is 0 Å². The molecular formula is C13H18ClN. The Labute approximate surface area is 96.6 Å². The number of nitrogens with two attached hydrogens (primary N) is 1. The van der Waals surface area contributed by atoms with E-state index in [1.54, 1.807) is 0 Å². The Morgan fingerprint density at radius 3 is 2.27 bits per heavy atom. The molecule has 0 heterocycles. The number of hydrogen-bond acceptors (Lipinski definition) is 1. The van der Waals surface area contributed by atoms with Gasteiger partial charge in [-0.25, -0.2) is 0 Å². The van der Waals surface area contributed by atoms with Gasteiger partial charge in [0.1, 0.15) is 0 Å². The minimum absolute atomic E-state index is 0.197. The van der Waals surface area contributed by atoms with Crippen LogP contribution in [0.1, 0.15) is 43.7 Å². The molecule has 1 saturated carbocycles. The standard InChI is InChI=1S/C13H18ClN/c14-12-8-6-11(7-9-12)13(15)10-4-2-1-3-5-10/h6-10,13H,1-5,15H2/t13-/m1/s1. The van der Waals surface area contributed by atoms with Crippen LogP contribution in [0.2, 0.25) is 5.02 Å². The van der Waals surface area contributed by atoms with Gasteiger partial charge in [-0.3, -0.25) is 0 Å². The third-order valence-electron chi connectivity index (χ3n) is 3.41. The highest BCUT2D eigenvalue weighted by Crippen LogP contribution is 2.33. The molecule has 0 unspecified atom stereocenters. The molecule has 1 aromatic rings. The topological polar surface area (TPSA) is 26.0 Å². The molecule has 1 aromatic carbocycles. The fourth-order valence-corrected chi connectivity index (χ4v) is 2.58. The summed E-state index contributed by atoms with van der Waals surface area (Å²) in [5, 5.41) is 0.787. The van der Waals surface area contributed by atoms with E-state index in [1.165, 1.54) is 37.7 Å². The molecule has 2 N–H and O–H groups in total. The normalized spacial score (nSPS) is 20.1. The van der Waals surface area contributed by atoms with Crippen LogP contribution in [0.5, 0.6) is 0 Å². The molecule has 0 spiro atoms. The molecule has 82 valence electrons. The third-order valence-corrected chi connectivity index (χ3v) is 3.66. The first-order valence-electron chi connectivity index (χ1n) is 5.78. The SMILES string of the molecule is N[C@@H](c1ccc(Cl)cc1)C1CCCCC1. The second kappa shape index (κ2) is 5.00. The molecule has 0 aromatic heterocycles. The zero-order chi connectivity index (χ0) is 10.7. The number of halogens is 1. The minimum atomic E-state index is 0.197. The van der Waals surface area contributed by atoms with E-state index in [0.29, 0.717) is 5.92 Å². The summed E-state index contributed by atoms with van der Waals surface area (Å²) in [6, 6.07) is 8.17. The van der Waals surface area contributed by atoms with Crippen LogP contribution in [0, 0.1) is 5.92 Å². The van der Waals surface area contributed by atoms with Crippen molar-refractivity contribution >= 4 is 11.6 Å². The molecule has 1 aliphatic carbocycles. The monoisotopic (exact) mass is 223 g/mol. The van der Waals surface area contributed by atoms with E-state index in [0.717, 1.165) is 5.02 Å². The molecule has 1 aliphatic rings. The average molecular weight is 224 g/mol. The molecule has 2 heteroatoms. The Balaban J connectivity index is 2.05. The fourth-order valence-electron chi connectivity index (χ4n) is 2.45. The van der Waals surface area contributed by atoms with Gasteiger partial charge >= 0.3 is 0 Å². The van der Waals surface area contributed by atoms with Crippen LogP contribution in [0.15, 0.2) is 24.3 Å². The summed E-state index contributed by atoms with van der Waals surface area (Å²) in [6.07, 6.45) is 6.62.